The van der Waals surface area contributed by atoms with Crippen LogP contribution in [0.4, 0.5) is 0 Å². The fourth-order valence-corrected chi connectivity index (χ4v) is 4.85. The van der Waals surface area contributed by atoms with Crippen LogP contribution < -0.4 is 11.1 Å². The number of fused-ring (bicyclic) bond motifs is 2. The number of amides is 1. The zero-order valence-corrected chi connectivity index (χ0v) is 14.2. The average molecular weight is 333 g/mol. The molecule has 3 aliphatic rings. The van der Waals surface area contributed by atoms with E-state index in [4.69, 9.17) is 17.3 Å². The number of halogens is 1. The van der Waals surface area contributed by atoms with E-state index in [1.807, 2.05) is 24.3 Å². The first-order chi connectivity index (χ1) is 11.1. The molecule has 0 saturated heterocycles. The van der Waals surface area contributed by atoms with Crippen molar-refractivity contribution in [3.05, 3.63) is 34.9 Å². The highest BCUT2D eigenvalue weighted by Crippen LogP contribution is 2.47. The molecule has 4 heteroatoms. The van der Waals surface area contributed by atoms with Crippen LogP contribution in [0.5, 0.6) is 0 Å². The topological polar surface area (TPSA) is 55.1 Å². The Hall–Kier alpha value is -1.06. The van der Waals surface area contributed by atoms with Gasteiger partial charge >= 0.3 is 0 Å². The van der Waals surface area contributed by atoms with Gasteiger partial charge in [-0.1, -0.05) is 30.2 Å². The van der Waals surface area contributed by atoms with E-state index < -0.39 is 0 Å². The minimum absolute atomic E-state index is 0.143. The van der Waals surface area contributed by atoms with Crippen molar-refractivity contribution in [1.82, 2.24) is 5.32 Å². The van der Waals surface area contributed by atoms with E-state index >= 15 is 0 Å². The summed E-state index contributed by atoms with van der Waals surface area (Å²) < 4.78 is 0. The van der Waals surface area contributed by atoms with Gasteiger partial charge in [-0.2, -0.15) is 0 Å². The van der Waals surface area contributed by atoms with Crippen molar-refractivity contribution >= 4 is 17.5 Å². The van der Waals surface area contributed by atoms with E-state index in [-0.39, 0.29) is 17.4 Å². The number of hydrogen-bond donors (Lipinski definition) is 2. The van der Waals surface area contributed by atoms with Crippen LogP contribution in [0.25, 0.3) is 0 Å². The molecule has 1 aromatic carbocycles. The van der Waals surface area contributed by atoms with E-state index in [2.05, 4.69) is 5.32 Å². The normalized spacial score (nSPS) is 34.7. The van der Waals surface area contributed by atoms with E-state index in [9.17, 15) is 4.79 Å². The molecular weight excluding hydrogens is 308 g/mol. The first-order valence-electron chi connectivity index (χ1n) is 8.91. The third kappa shape index (κ3) is 2.89. The van der Waals surface area contributed by atoms with Crippen molar-refractivity contribution < 1.29 is 4.79 Å². The quantitative estimate of drug-likeness (QED) is 0.888. The van der Waals surface area contributed by atoms with Crippen LogP contribution in [0, 0.1) is 17.8 Å². The number of rotatable bonds is 3. The average Bonchev–Trinajstić information content (AvgIpc) is 3.28. The number of benzene rings is 1. The molecule has 2 atom stereocenters. The molecule has 4 rings (SSSR count). The molecule has 2 unspecified atom stereocenters. The summed E-state index contributed by atoms with van der Waals surface area (Å²) in [6.45, 7) is 0. The smallest absolute Gasteiger partial charge is 0.223 e. The van der Waals surface area contributed by atoms with Gasteiger partial charge in [0, 0.05) is 17.0 Å². The highest BCUT2D eigenvalue weighted by Gasteiger charge is 2.48. The second kappa shape index (κ2) is 5.78. The van der Waals surface area contributed by atoms with Crippen LogP contribution >= 0.6 is 11.6 Å². The maximum absolute atomic E-state index is 12.9. The highest BCUT2D eigenvalue weighted by molar-refractivity contribution is 6.30. The number of carbonyl (C=O) groups is 1. The Morgan fingerprint density at radius 2 is 1.74 bits per heavy atom. The molecule has 0 heterocycles. The Bertz CT molecular complexity index is 582. The monoisotopic (exact) mass is 332 g/mol. The molecule has 0 aliphatic heterocycles. The van der Waals surface area contributed by atoms with Gasteiger partial charge < -0.3 is 11.1 Å². The summed E-state index contributed by atoms with van der Waals surface area (Å²) in [5.41, 5.74) is 7.39. The predicted octanol–water partition coefficient (Wildman–Crippen LogP) is 3.60. The van der Waals surface area contributed by atoms with Crippen molar-refractivity contribution in [1.29, 1.82) is 0 Å². The minimum atomic E-state index is -0.143. The number of nitrogens with one attached hydrogen (secondary N) is 1. The lowest BCUT2D eigenvalue weighted by atomic mass is 9.65. The van der Waals surface area contributed by atoms with E-state index in [0.717, 1.165) is 30.7 Å². The lowest BCUT2D eigenvalue weighted by molar-refractivity contribution is -0.129. The first kappa shape index (κ1) is 15.5. The lowest BCUT2D eigenvalue weighted by Gasteiger charge is -2.43. The molecule has 3 fully saturated rings. The van der Waals surface area contributed by atoms with Gasteiger partial charge in [-0.3, -0.25) is 4.79 Å². The second-order valence-electron chi connectivity index (χ2n) is 7.77. The van der Waals surface area contributed by atoms with Crippen LogP contribution in [-0.2, 0) is 10.3 Å². The molecule has 3 nitrogen and oxygen atoms in total. The lowest BCUT2D eigenvalue weighted by Crippen LogP contribution is -2.50. The summed E-state index contributed by atoms with van der Waals surface area (Å²) in [4.78, 5) is 12.9. The van der Waals surface area contributed by atoms with Gasteiger partial charge in [-0.05, 0) is 68.1 Å². The van der Waals surface area contributed by atoms with Crippen LogP contribution in [-0.4, -0.2) is 11.9 Å². The van der Waals surface area contributed by atoms with Gasteiger partial charge in [-0.15, -0.1) is 0 Å². The Labute approximate surface area is 143 Å². The van der Waals surface area contributed by atoms with Gasteiger partial charge in [0.05, 0.1) is 5.54 Å². The van der Waals surface area contributed by atoms with Crippen molar-refractivity contribution in [2.75, 3.05) is 0 Å². The minimum Gasteiger partial charge on any atom is -0.346 e. The molecule has 23 heavy (non-hydrogen) atoms. The molecule has 1 aromatic rings. The largest absolute Gasteiger partial charge is 0.346 e. The van der Waals surface area contributed by atoms with Crippen molar-refractivity contribution in [2.24, 2.45) is 23.5 Å². The maximum Gasteiger partial charge on any atom is 0.223 e. The van der Waals surface area contributed by atoms with Gasteiger partial charge in [0.2, 0.25) is 5.91 Å². The Balaban J connectivity index is 1.45. The van der Waals surface area contributed by atoms with Gasteiger partial charge in [0.15, 0.2) is 0 Å². The summed E-state index contributed by atoms with van der Waals surface area (Å²) in [5.74, 6) is 1.48. The summed E-state index contributed by atoms with van der Waals surface area (Å²) in [7, 11) is 0. The third-order valence-corrected chi connectivity index (χ3v) is 6.55. The van der Waals surface area contributed by atoms with E-state index in [0.29, 0.717) is 17.9 Å². The fourth-order valence-electron chi connectivity index (χ4n) is 4.72. The highest BCUT2D eigenvalue weighted by atomic mass is 35.5. The molecule has 0 spiro atoms. The summed E-state index contributed by atoms with van der Waals surface area (Å²) >= 11 is 5.98. The van der Waals surface area contributed by atoms with E-state index in [1.54, 1.807) is 0 Å². The van der Waals surface area contributed by atoms with Crippen LogP contribution in [0.2, 0.25) is 5.02 Å². The summed E-state index contributed by atoms with van der Waals surface area (Å²) in [5, 5.41) is 4.09. The Morgan fingerprint density at radius 1 is 1.13 bits per heavy atom. The molecule has 3 N–H and O–H groups in total. The number of carbonyl (C=O) groups excluding carboxylic acids is 1. The van der Waals surface area contributed by atoms with E-state index in [1.165, 1.54) is 24.8 Å². The van der Waals surface area contributed by atoms with Crippen molar-refractivity contribution in [3.8, 4) is 0 Å². The summed E-state index contributed by atoms with van der Waals surface area (Å²) in [6, 6.07) is 8.22. The van der Waals surface area contributed by atoms with Crippen LogP contribution in [0.3, 0.4) is 0 Å². The standard InChI is InChI=1S/C19H25ClN2O/c20-16-6-4-15(5-7-16)19(8-9-19)22-18(23)14-10-12-2-1-3-13(11-14)17(12)21/h4-7,12-14,17H,1-3,8-11,21H2,(H,22,23). The van der Waals surface area contributed by atoms with Gasteiger partial charge in [-0.25, -0.2) is 0 Å². The molecule has 3 saturated carbocycles. The van der Waals surface area contributed by atoms with Gasteiger partial charge in [0.25, 0.3) is 0 Å². The molecule has 0 aromatic heterocycles. The molecule has 1 amide bonds. The second-order valence-corrected chi connectivity index (χ2v) is 8.21. The van der Waals surface area contributed by atoms with Crippen molar-refractivity contribution in [3.63, 3.8) is 0 Å². The van der Waals surface area contributed by atoms with Crippen LogP contribution in [0.15, 0.2) is 24.3 Å². The predicted molar refractivity (Wildman–Crippen MR) is 92.0 cm³/mol. The number of nitrogens with two attached hydrogens (primary N) is 1. The zero-order chi connectivity index (χ0) is 16.0. The Kier molecular flexibility index (Phi) is 3.89. The SMILES string of the molecule is NC1C2CCCC1CC(C(=O)NC1(c3ccc(Cl)cc3)CC1)C2. The molecular formula is C19H25ClN2O. The molecule has 0 radical (unpaired) electrons. The molecule has 3 aliphatic carbocycles. The van der Waals surface area contributed by atoms with Crippen LogP contribution in [0.1, 0.15) is 50.5 Å². The third-order valence-electron chi connectivity index (χ3n) is 6.29. The molecule has 2 bridgehead atoms. The van der Waals surface area contributed by atoms with Crippen molar-refractivity contribution in [2.45, 2.75) is 56.5 Å². The fraction of sp³-hybridized carbons (Fsp3) is 0.632. The molecule has 124 valence electrons. The maximum atomic E-state index is 12.9. The summed E-state index contributed by atoms with van der Waals surface area (Å²) in [6.07, 6.45) is 7.68. The Morgan fingerprint density at radius 3 is 2.30 bits per heavy atom. The zero-order valence-electron chi connectivity index (χ0n) is 13.4. The van der Waals surface area contributed by atoms with Gasteiger partial charge in [0.1, 0.15) is 0 Å². The first-order valence-corrected chi connectivity index (χ1v) is 9.29. The number of hydrogen-bond acceptors (Lipinski definition) is 2.